The molecule has 0 amide bonds. The standard InChI is InChI=1S/C27H18N2O4/c30-21-16-12-18(13-17-21)25-23-8-4-5-9-24(23)26(31)29(28-25)20-14-10-19(11-15-20)27(32)33-22-6-2-1-3-7-22/h1-17,30H. The molecule has 33 heavy (non-hydrogen) atoms. The van der Waals surface area contributed by atoms with Gasteiger partial charge in [-0.05, 0) is 66.7 Å². The van der Waals surface area contributed by atoms with Crippen LogP contribution in [0.3, 0.4) is 0 Å². The topological polar surface area (TPSA) is 81.4 Å². The molecule has 0 aliphatic rings. The lowest BCUT2D eigenvalue weighted by molar-refractivity contribution is 0.0735. The molecule has 6 nitrogen and oxygen atoms in total. The summed E-state index contributed by atoms with van der Waals surface area (Å²) >= 11 is 0. The van der Waals surface area contributed by atoms with Gasteiger partial charge in [-0.15, -0.1) is 0 Å². The van der Waals surface area contributed by atoms with Crippen LogP contribution in [0.25, 0.3) is 27.7 Å². The van der Waals surface area contributed by atoms with Gasteiger partial charge in [0.1, 0.15) is 11.5 Å². The SMILES string of the molecule is O=C(Oc1ccccc1)c1ccc(-n2nc(-c3ccc(O)cc3)c3ccccc3c2=O)cc1. The molecule has 0 aliphatic carbocycles. The fraction of sp³-hybridized carbons (Fsp3) is 0. The van der Waals surface area contributed by atoms with E-state index < -0.39 is 5.97 Å². The highest BCUT2D eigenvalue weighted by Crippen LogP contribution is 2.26. The third kappa shape index (κ3) is 3.97. The summed E-state index contributed by atoms with van der Waals surface area (Å²) in [6.07, 6.45) is 0. The summed E-state index contributed by atoms with van der Waals surface area (Å²) in [5.41, 5.74) is 1.98. The second-order valence-electron chi connectivity index (χ2n) is 7.41. The van der Waals surface area contributed by atoms with Crippen LogP contribution in [-0.2, 0) is 0 Å². The van der Waals surface area contributed by atoms with E-state index in [0.717, 1.165) is 5.56 Å². The van der Waals surface area contributed by atoms with E-state index in [9.17, 15) is 14.7 Å². The first-order valence-electron chi connectivity index (χ1n) is 10.3. The van der Waals surface area contributed by atoms with Crippen LogP contribution in [-0.4, -0.2) is 20.9 Å². The number of phenolic OH excluding ortho intramolecular Hbond substituents is 1. The maximum absolute atomic E-state index is 13.2. The molecule has 5 rings (SSSR count). The zero-order valence-corrected chi connectivity index (χ0v) is 17.4. The Hall–Kier alpha value is -4.71. The molecule has 1 aromatic heterocycles. The van der Waals surface area contributed by atoms with Gasteiger partial charge in [0.2, 0.25) is 0 Å². The number of para-hydroxylation sites is 1. The Morgan fingerprint density at radius 2 is 1.39 bits per heavy atom. The van der Waals surface area contributed by atoms with Crippen molar-refractivity contribution in [2.45, 2.75) is 0 Å². The number of phenols is 1. The van der Waals surface area contributed by atoms with E-state index in [-0.39, 0.29) is 11.3 Å². The average molecular weight is 434 g/mol. The van der Waals surface area contributed by atoms with E-state index in [0.29, 0.717) is 33.5 Å². The summed E-state index contributed by atoms with van der Waals surface area (Å²) < 4.78 is 6.69. The minimum absolute atomic E-state index is 0.148. The third-order valence-corrected chi connectivity index (χ3v) is 5.25. The molecule has 0 unspecified atom stereocenters. The van der Waals surface area contributed by atoms with Crippen LogP contribution < -0.4 is 10.3 Å². The molecule has 0 fully saturated rings. The lowest BCUT2D eigenvalue weighted by Crippen LogP contribution is -2.22. The highest BCUT2D eigenvalue weighted by atomic mass is 16.5. The van der Waals surface area contributed by atoms with Gasteiger partial charge in [-0.25, -0.2) is 4.79 Å². The van der Waals surface area contributed by atoms with Crippen LogP contribution in [0.5, 0.6) is 11.5 Å². The Bertz CT molecular complexity index is 1510. The van der Waals surface area contributed by atoms with E-state index in [1.165, 1.54) is 4.68 Å². The molecule has 1 N–H and O–H groups in total. The predicted molar refractivity (Wildman–Crippen MR) is 126 cm³/mol. The van der Waals surface area contributed by atoms with Crippen molar-refractivity contribution in [1.29, 1.82) is 0 Å². The van der Waals surface area contributed by atoms with Gasteiger partial charge in [0.25, 0.3) is 5.56 Å². The van der Waals surface area contributed by atoms with Crippen LogP contribution in [0.2, 0.25) is 0 Å². The number of nitrogens with zero attached hydrogens (tertiary/aromatic N) is 2. The van der Waals surface area contributed by atoms with E-state index >= 15 is 0 Å². The van der Waals surface area contributed by atoms with Gasteiger partial charge in [-0.3, -0.25) is 4.79 Å². The summed E-state index contributed by atoms with van der Waals surface area (Å²) in [7, 11) is 0. The number of carbonyl (C=O) groups is 1. The summed E-state index contributed by atoms with van der Waals surface area (Å²) in [6.45, 7) is 0. The van der Waals surface area contributed by atoms with Crippen molar-refractivity contribution in [2.24, 2.45) is 0 Å². The number of esters is 1. The lowest BCUT2D eigenvalue weighted by atomic mass is 10.0. The molecular weight excluding hydrogens is 416 g/mol. The lowest BCUT2D eigenvalue weighted by Gasteiger charge is -2.12. The van der Waals surface area contributed by atoms with Gasteiger partial charge in [0.05, 0.1) is 22.3 Å². The molecule has 0 aliphatic heterocycles. The van der Waals surface area contributed by atoms with Crippen LogP contribution >= 0.6 is 0 Å². The molecule has 0 bridgehead atoms. The fourth-order valence-corrected chi connectivity index (χ4v) is 3.59. The van der Waals surface area contributed by atoms with Crippen molar-refractivity contribution >= 4 is 16.7 Å². The van der Waals surface area contributed by atoms with Crippen molar-refractivity contribution in [1.82, 2.24) is 9.78 Å². The van der Waals surface area contributed by atoms with Crippen molar-refractivity contribution in [2.75, 3.05) is 0 Å². The number of rotatable bonds is 4. The predicted octanol–water partition coefficient (Wildman–Crippen LogP) is 4.98. The fourth-order valence-electron chi connectivity index (χ4n) is 3.59. The molecule has 0 atom stereocenters. The van der Waals surface area contributed by atoms with Crippen LogP contribution in [0.15, 0.2) is 108 Å². The number of hydrogen-bond acceptors (Lipinski definition) is 5. The molecule has 1 heterocycles. The summed E-state index contributed by atoms with van der Waals surface area (Å²) in [5.74, 6) is 0.114. The Morgan fingerprint density at radius 3 is 2.09 bits per heavy atom. The maximum Gasteiger partial charge on any atom is 0.343 e. The van der Waals surface area contributed by atoms with Gasteiger partial charge >= 0.3 is 5.97 Å². The van der Waals surface area contributed by atoms with Gasteiger partial charge in [-0.1, -0.05) is 36.4 Å². The number of fused-ring (bicyclic) bond motifs is 1. The second-order valence-corrected chi connectivity index (χ2v) is 7.41. The summed E-state index contributed by atoms with van der Waals surface area (Å²) in [5, 5.41) is 15.5. The first-order chi connectivity index (χ1) is 16.1. The number of aromatic nitrogens is 2. The summed E-state index contributed by atoms with van der Waals surface area (Å²) in [6, 6.07) is 29.3. The van der Waals surface area contributed by atoms with E-state index in [4.69, 9.17) is 4.74 Å². The molecule has 0 radical (unpaired) electrons. The average Bonchev–Trinajstić information content (AvgIpc) is 2.86. The molecule has 6 heteroatoms. The van der Waals surface area contributed by atoms with Gasteiger partial charge in [0.15, 0.2) is 0 Å². The second kappa shape index (κ2) is 8.43. The van der Waals surface area contributed by atoms with Crippen LogP contribution in [0.1, 0.15) is 10.4 Å². The Morgan fingerprint density at radius 1 is 0.758 bits per heavy atom. The highest BCUT2D eigenvalue weighted by molar-refractivity contribution is 5.94. The number of hydrogen-bond donors (Lipinski definition) is 1. The molecule has 0 saturated heterocycles. The molecule has 4 aromatic carbocycles. The highest BCUT2D eigenvalue weighted by Gasteiger charge is 2.14. The van der Waals surface area contributed by atoms with Gasteiger partial charge < -0.3 is 9.84 Å². The Kier molecular flexibility index (Phi) is 5.16. The minimum atomic E-state index is -0.489. The number of ether oxygens (including phenoxy) is 1. The van der Waals surface area contributed by atoms with Crippen molar-refractivity contribution in [3.8, 4) is 28.4 Å². The van der Waals surface area contributed by atoms with Crippen molar-refractivity contribution in [3.05, 3.63) is 119 Å². The summed E-state index contributed by atoms with van der Waals surface area (Å²) in [4.78, 5) is 25.6. The molecule has 160 valence electrons. The van der Waals surface area contributed by atoms with Crippen LogP contribution in [0, 0.1) is 0 Å². The van der Waals surface area contributed by atoms with E-state index in [1.807, 2.05) is 18.2 Å². The normalized spacial score (nSPS) is 10.8. The quantitative estimate of drug-likeness (QED) is 0.319. The maximum atomic E-state index is 13.2. The smallest absolute Gasteiger partial charge is 0.343 e. The van der Waals surface area contributed by atoms with Crippen molar-refractivity contribution in [3.63, 3.8) is 0 Å². The molecule has 5 aromatic rings. The van der Waals surface area contributed by atoms with Crippen LogP contribution in [0.4, 0.5) is 0 Å². The Balaban J connectivity index is 1.56. The van der Waals surface area contributed by atoms with Crippen molar-refractivity contribution < 1.29 is 14.6 Å². The molecule has 0 spiro atoms. The first-order valence-corrected chi connectivity index (χ1v) is 10.3. The largest absolute Gasteiger partial charge is 0.508 e. The number of carbonyl (C=O) groups excluding carboxylic acids is 1. The molecule has 0 saturated carbocycles. The first kappa shape index (κ1) is 20.2. The number of benzene rings is 4. The third-order valence-electron chi connectivity index (χ3n) is 5.25. The van der Waals surface area contributed by atoms with E-state index in [2.05, 4.69) is 5.10 Å². The van der Waals surface area contributed by atoms with Gasteiger partial charge in [-0.2, -0.15) is 9.78 Å². The van der Waals surface area contributed by atoms with Gasteiger partial charge in [0, 0.05) is 10.9 Å². The van der Waals surface area contributed by atoms with E-state index in [1.54, 1.807) is 84.9 Å². The zero-order valence-electron chi connectivity index (χ0n) is 17.4. The zero-order chi connectivity index (χ0) is 22.8. The Labute approximate surface area is 188 Å². The minimum Gasteiger partial charge on any atom is -0.508 e. The number of aromatic hydroxyl groups is 1. The molecular formula is C27H18N2O4. The monoisotopic (exact) mass is 434 g/mol.